The van der Waals surface area contributed by atoms with E-state index in [1.807, 2.05) is 6.07 Å². The molecule has 90 valence electrons. The van der Waals surface area contributed by atoms with Gasteiger partial charge in [0.05, 0.1) is 10.6 Å². The molecule has 3 aromatic rings. The average molecular weight is 272 g/mol. The van der Waals surface area contributed by atoms with Crippen molar-refractivity contribution < 1.29 is 0 Å². The van der Waals surface area contributed by atoms with Crippen LogP contribution in [0.1, 0.15) is 5.01 Å². The first kappa shape index (κ1) is 11.6. The normalized spacial score (nSPS) is 10.7. The number of nitrogens with two attached hydrogens (primary N) is 1. The topological polar surface area (TPSA) is 38.9 Å². The van der Waals surface area contributed by atoms with Crippen LogP contribution in [-0.4, -0.2) is 4.98 Å². The van der Waals surface area contributed by atoms with Crippen LogP contribution in [0.5, 0.6) is 0 Å². The fourth-order valence-corrected chi connectivity index (χ4v) is 3.44. The second-order valence-corrected chi connectivity index (χ2v) is 5.73. The Morgan fingerprint density at radius 1 is 1.06 bits per heavy atom. The number of nitrogens with zero attached hydrogens (tertiary/aromatic N) is 1. The quantitative estimate of drug-likeness (QED) is 0.782. The Hall–Kier alpha value is -1.49. The van der Waals surface area contributed by atoms with E-state index in [4.69, 9.17) is 5.73 Å². The van der Waals surface area contributed by atoms with Crippen LogP contribution in [0, 0.1) is 0 Å². The number of thiazole rings is 1. The van der Waals surface area contributed by atoms with Gasteiger partial charge in [0.25, 0.3) is 0 Å². The molecule has 0 fully saturated rings. The van der Waals surface area contributed by atoms with Crippen molar-refractivity contribution in [3.05, 3.63) is 52.2 Å². The van der Waals surface area contributed by atoms with Crippen LogP contribution < -0.4 is 5.73 Å². The molecule has 0 atom stereocenters. The molecule has 0 saturated carbocycles. The molecular weight excluding hydrogens is 260 g/mol. The lowest BCUT2D eigenvalue weighted by atomic mass is 10.1. The van der Waals surface area contributed by atoms with Crippen molar-refractivity contribution in [1.82, 2.24) is 4.98 Å². The van der Waals surface area contributed by atoms with Crippen molar-refractivity contribution in [2.75, 3.05) is 0 Å². The predicted molar refractivity (Wildman–Crippen MR) is 78.8 cm³/mol. The highest BCUT2D eigenvalue weighted by Gasteiger charge is 2.14. The minimum Gasteiger partial charge on any atom is -0.325 e. The molecule has 0 spiro atoms. The molecule has 0 amide bonds. The first-order chi connectivity index (χ1) is 8.88. The van der Waals surface area contributed by atoms with Gasteiger partial charge in [-0.25, -0.2) is 4.98 Å². The van der Waals surface area contributed by atoms with E-state index in [0.717, 1.165) is 10.7 Å². The van der Waals surface area contributed by atoms with Gasteiger partial charge in [-0.3, -0.25) is 0 Å². The van der Waals surface area contributed by atoms with Crippen LogP contribution in [-0.2, 0) is 6.54 Å². The third-order valence-corrected chi connectivity index (χ3v) is 4.49. The van der Waals surface area contributed by atoms with E-state index in [0.29, 0.717) is 6.54 Å². The van der Waals surface area contributed by atoms with Gasteiger partial charge in [0.2, 0.25) is 0 Å². The lowest BCUT2D eigenvalue weighted by Gasteiger charge is -1.99. The molecule has 0 aliphatic carbocycles. The van der Waals surface area contributed by atoms with Gasteiger partial charge in [-0.05, 0) is 17.0 Å². The monoisotopic (exact) mass is 272 g/mol. The van der Waals surface area contributed by atoms with Crippen LogP contribution in [0.25, 0.3) is 21.7 Å². The maximum absolute atomic E-state index is 5.71. The largest absolute Gasteiger partial charge is 0.325 e. The Morgan fingerprint density at radius 3 is 2.56 bits per heavy atom. The van der Waals surface area contributed by atoms with E-state index in [1.54, 1.807) is 22.7 Å². The van der Waals surface area contributed by atoms with Gasteiger partial charge in [-0.15, -0.1) is 11.3 Å². The van der Waals surface area contributed by atoms with Gasteiger partial charge in [0, 0.05) is 17.5 Å². The first-order valence-corrected chi connectivity index (χ1v) is 7.42. The smallest absolute Gasteiger partial charge is 0.107 e. The van der Waals surface area contributed by atoms with E-state index < -0.39 is 0 Å². The van der Waals surface area contributed by atoms with Crippen molar-refractivity contribution in [2.45, 2.75) is 6.54 Å². The summed E-state index contributed by atoms with van der Waals surface area (Å²) < 4.78 is 0. The summed E-state index contributed by atoms with van der Waals surface area (Å²) in [6.07, 6.45) is 0. The van der Waals surface area contributed by atoms with Gasteiger partial charge in [0.15, 0.2) is 0 Å². The summed E-state index contributed by atoms with van der Waals surface area (Å²) in [5.41, 5.74) is 9.14. The third-order valence-electron chi connectivity index (χ3n) is 2.68. The van der Waals surface area contributed by atoms with Crippen molar-refractivity contribution >= 4 is 22.7 Å². The first-order valence-electron chi connectivity index (χ1n) is 5.66. The van der Waals surface area contributed by atoms with Crippen molar-refractivity contribution in [2.24, 2.45) is 5.73 Å². The molecule has 1 aromatic carbocycles. The molecule has 0 radical (unpaired) electrons. The van der Waals surface area contributed by atoms with Gasteiger partial charge >= 0.3 is 0 Å². The van der Waals surface area contributed by atoms with Gasteiger partial charge in [0.1, 0.15) is 5.01 Å². The van der Waals surface area contributed by atoms with E-state index in [-0.39, 0.29) is 0 Å². The van der Waals surface area contributed by atoms with Crippen LogP contribution in [0.15, 0.2) is 47.2 Å². The second-order valence-electron chi connectivity index (χ2n) is 3.87. The Morgan fingerprint density at radius 2 is 1.89 bits per heavy atom. The second kappa shape index (κ2) is 5.02. The summed E-state index contributed by atoms with van der Waals surface area (Å²) in [4.78, 5) is 5.85. The number of aromatic nitrogens is 1. The minimum atomic E-state index is 0.495. The number of rotatable bonds is 3. The van der Waals surface area contributed by atoms with Crippen LogP contribution in [0.3, 0.4) is 0 Å². The third kappa shape index (κ3) is 2.10. The highest BCUT2D eigenvalue weighted by Crippen LogP contribution is 2.37. The molecule has 0 saturated heterocycles. The summed E-state index contributed by atoms with van der Waals surface area (Å²) >= 11 is 3.37. The predicted octanol–water partition coefficient (Wildman–Crippen LogP) is 4.00. The Labute approximate surface area is 114 Å². The SMILES string of the molecule is NCc1nc(-c2ccsc2)c(-c2ccccc2)s1. The molecule has 0 unspecified atom stereocenters. The van der Waals surface area contributed by atoms with Crippen molar-refractivity contribution in [1.29, 1.82) is 0 Å². The molecule has 2 heterocycles. The summed E-state index contributed by atoms with van der Waals surface area (Å²) in [5, 5.41) is 5.18. The van der Waals surface area contributed by atoms with Gasteiger partial charge in [-0.1, -0.05) is 30.3 Å². The molecule has 18 heavy (non-hydrogen) atoms. The molecule has 0 aliphatic heterocycles. The molecule has 4 heteroatoms. The van der Waals surface area contributed by atoms with Crippen LogP contribution >= 0.6 is 22.7 Å². The summed E-state index contributed by atoms with van der Waals surface area (Å²) in [6, 6.07) is 12.5. The Balaban J connectivity index is 2.17. The number of benzene rings is 1. The maximum atomic E-state index is 5.71. The highest BCUT2D eigenvalue weighted by atomic mass is 32.1. The highest BCUT2D eigenvalue weighted by molar-refractivity contribution is 7.15. The van der Waals surface area contributed by atoms with E-state index in [9.17, 15) is 0 Å². The molecule has 2 nitrogen and oxygen atoms in total. The lowest BCUT2D eigenvalue weighted by Crippen LogP contribution is -1.94. The molecule has 2 N–H and O–H groups in total. The van der Waals surface area contributed by atoms with Crippen molar-refractivity contribution in [3.8, 4) is 21.7 Å². The number of hydrogen-bond donors (Lipinski definition) is 1. The number of thiophene rings is 1. The molecule has 3 rings (SSSR count). The summed E-state index contributed by atoms with van der Waals surface area (Å²) in [7, 11) is 0. The van der Waals surface area contributed by atoms with Gasteiger partial charge in [-0.2, -0.15) is 11.3 Å². The maximum Gasteiger partial charge on any atom is 0.107 e. The molecule has 0 aliphatic rings. The standard InChI is InChI=1S/C14H12N2S2/c15-8-12-16-13(11-6-7-17-9-11)14(18-12)10-4-2-1-3-5-10/h1-7,9H,8,15H2. The molecular formula is C14H12N2S2. The fraction of sp³-hybridized carbons (Fsp3) is 0.0714. The Bertz CT molecular complexity index is 627. The van der Waals surface area contributed by atoms with Crippen LogP contribution in [0.2, 0.25) is 0 Å². The van der Waals surface area contributed by atoms with E-state index >= 15 is 0 Å². The molecule has 0 bridgehead atoms. The van der Waals surface area contributed by atoms with Crippen molar-refractivity contribution in [3.63, 3.8) is 0 Å². The minimum absolute atomic E-state index is 0.495. The van der Waals surface area contributed by atoms with E-state index in [1.165, 1.54) is 16.0 Å². The average Bonchev–Trinajstić information content (AvgIpc) is 3.08. The zero-order valence-corrected chi connectivity index (χ0v) is 11.3. The zero-order chi connectivity index (χ0) is 12.4. The van der Waals surface area contributed by atoms with E-state index in [2.05, 4.69) is 46.1 Å². The zero-order valence-electron chi connectivity index (χ0n) is 9.67. The van der Waals surface area contributed by atoms with Gasteiger partial charge < -0.3 is 5.73 Å². The van der Waals surface area contributed by atoms with Crippen LogP contribution in [0.4, 0.5) is 0 Å². The summed E-state index contributed by atoms with van der Waals surface area (Å²) in [6.45, 7) is 0.495. The fourth-order valence-electron chi connectivity index (χ4n) is 1.83. The number of hydrogen-bond acceptors (Lipinski definition) is 4. The Kier molecular flexibility index (Phi) is 3.23. The summed E-state index contributed by atoms with van der Waals surface area (Å²) in [5.74, 6) is 0. The molecule has 2 aromatic heterocycles. The lowest BCUT2D eigenvalue weighted by molar-refractivity contribution is 1.04.